The van der Waals surface area contributed by atoms with Gasteiger partial charge in [0, 0.05) is 0 Å². The zero-order valence-electron chi connectivity index (χ0n) is 13.5. The van der Waals surface area contributed by atoms with Crippen molar-refractivity contribution >= 4 is 0 Å². The van der Waals surface area contributed by atoms with E-state index in [1.165, 1.54) is 5.56 Å². The minimum absolute atomic E-state index is 0.0604. The van der Waals surface area contributed by atoms with E-state index in [0.717, 1.165) is 43.4 Å². The molecule has 3 heteroatoms. The molecule has 0 spiro atoms. The number of aliphatic hydroxyl groups excluding tert-OH is 2. The summed E-state index contributed by atoms with van der Waals surface area (Å²) in [4.78, 5) is 0. The van der Waals surface area contributed by atoms with Crippen LogP contribution in [-0.2, 0) is 0 Å². The molecule has 0 amide bonds. The second-order valence-corrected chi connectivity index (χ2v) is 7.76. The van der Waals surface area contributed by atoms with Gasteiger partial charge in [0.25, 0.3) is 0 Å². The van der Waals surface area contributed by atoms with Gasteiger partial charge in [0.15, 0.2) is 0 Å². The van der Waals surface area contributed by atoms with Gasteiger partial charge in [-0.25, -0.2) is 0 Å². The van der Waals surface area contributed by atoms with Gasteiger partial charge in [0.05, 0.1) is 19.3 Å². The summed E-state index contributed by atoms with van der Waals surface area (Å²) in [7, 11) is 1.67. The first-order chi connectivity index (χ1) is 10.5. The SMILES string of the molecule is COc1ccc2c(c1)[C@H](O)C[C@@H]1[C@@H]2CC[C@]2(C)[C@@H](O)CC[C@@H]12. The third-order valence-electron chi connectivity index (χ3n) is 6.93. The maximum Gasteiger partial charge on any atom is 0.119 e. The fraction of sp³-hybridized carbons (Fsp3) is 0.684. The van der Waals surface area contributed by atoms with Gasteiger partial charge in [0.2, 0.25) is 0 Å². The molecule has 2 fully saturated rings. The highest BCUT2D eigenvalue weighted by Gasteiger charge is 2.55. The lowest BCUT2D eigenvalue weighted by molar-refractivity contribution is -0.0372. The second-order valence-electron chi connectivity index (χ2n) is 7.76. The monoisotopic (exact) mass is 302 g/mol. The zero-order chi connectivity index (χ0) is 15.5. The molecule has 2 saturated carbocycles. The minimum Gasteiger partial charge on any atom is -0.497 e. The van der Waals surface area contributed by atoms with Crippen LogP contribution in [0.3, 0.4) is 0 Å². The van der Waals surface area contributed by atoms with E-state index in [0.29, 0.717) is 17.8 Å². The molecule has 2 N–H and O–H groups in total. The Hall–Kier alpha value is -1.06. The number of ether oxygens (including phenoxy) is 1. The van der Waals surface area contributed by atoms with E-state index in [1.54, 1.807) is 7.11 Å². The Kier molecular flexibility index (Phi) is 3.28. The Labute approximate surface area is 132 Å². The van der Waals surface area contributed by atoms with Crippen molar-refractivity contribution in [1.29, 1.82) is 0 Å². The summed E-state index contributed by atoms with van der Waals surface area (Å²) >= 11 is 0. The van der Waals surface area contributed by atoms with Crippen LogP contribution in [0.5, 0.6) is 5.75 Å². The number of fused-ring (bicyclic) bond motifs is 5. The number of aliphatic hydroxyl groups is 2. The maximum atomic E-state index is 10.7. The highest BCUT2D eigenvalue weighted by Crippen LogP contribution is 2.62. The molecule has 6 atom stereocenters. The van der Waals surface area contributed by atoms with E-state index in [9.17, 15) is 10.2 Å². The molecule has 22 heavy (non-hydrogen) atoms. The topological polar surface area (TPSA) is 49.7 Å². The third kappa shape index (κ3) is 1.88. The predicted octanol–water partition coefficient (Wildman–Crippen LogP) is 3.40. The number of benzene rings is 1. The molecular formula is C19H26O3. The quantitative estimate of drug-likeness (QED) is 0.836. The number of hydrogen-bond donors (Lipinski definition) is 2. The second kappa shape index (κ2) is 4.97. The van der Waals surface area contributed by atoms with Crippen molar-refractivity contribution in [3.05, 3.63) is 29.3 Å². The van der Waals surface area contributed by atoms with E-state index in [4.69, 9.17) is 4.74 Å². The van der Waals surface area contributed by atoms with E-state index in [2.05, 4.69) is 13.0 Å². The molecular weight excluding hydrogens is 276 g/mol. The van der Waals surface area contributed by atoms with Gasteiger partial charge in [-0.3, -0.25) is 0 Å². The largest absolute Gasteiger partial charge is 0.497 e. The lowest BCUT2D eigenvalue weighted by atomic mass is 9.55. The van der Waals surface area contributed by atoms with Gasteiger partial charge in [-0.05, 0) is 78.5 Å². The van der Waals surface area contributed by atoms with Crippen molar-refractivity contribution in [3.63, 3.8) is 0 Å². The molecule has 1 aromatic carbocycles. The summed E-state index contributed by atoms with van der Waals surface area (Å²) in [6.45, 7) is 2.27. The number of rotatable bonds is 1. The normalized spacial score (nSPS) is 43.2. The smallest absolute Gasteiger partial charge is 0.119 e. The van der Waals surface area contributed by atoms with E-state index in [-0.39, 0.29) is 11.5 Å². The molecule has 1 aromatic rings. The highest BCUT2D eigenvalue weighted by molar-refractivity contribution is 5.42. The summed E-state index contributed by atoms with van der Waals surface area (Å²) in [5.74, 6) is 2.42. The zero-order valence-corrected chi connectivity index (χ0v) is 13.5. The van der Waals surface area contributed by atoms with Crippen LogP contribution in [0.1, 0.15) is 62.2 Å². The summed E-state index contributed by atoms with van der Waals surface area (Å²) in [5.41, 5.74) is 2.43. The van der Waals surface area contributed by atoms with Crippen molar-refractivity contribution in [2.75, 3.05) is 7.11 Å². The van der Waals surface area contributed by atoms with Crippen LogP contribution in [0.25, 0.3) is 0 Å². The van der Waals surface area contributed by atoms with Gasteiger partial charge in [-0.15, -0.1) is 0 Å². The van der Waals surface area contributed by atoms with Crippen LogP contribution in [0.4, 0.5) is 0 Å². The van der Waals surface area contributed by atoms with Crippen molar-refractivity contribution in [3.8, 4) is 5.75 Å². The van der Waals surface area contributed by atoms with Gasteiger partial charge in [-0.1, -0.05) is 13.0 Å². The number of methoxy groups -OCH3 is 1. The molecule has 0 radical (unpaired) electrons. The predicted molar refractivity (Wildman–Crippen MR) is 84.9 cm³/mol. The van der Waals surface area contributed by atoms with Crippen LogP contribution >= 0.6 is 0 Å². The molecule has 3 nitrogen and oxygen atoms in total. The van der Waals surface area contributed by atoms with Crippen molar-refractivity contribution in [1.82, 2.24) is 0 Å². The van der Waals surface area contributed by atoms with Crippen LogP contribution in [0.15, 0.2) is 18.2 Å². The van der Waals surface area contributed by atoms with Crippen LogP contribution in [0.2, 0.25) is 0 Å². The van der Waals surface area contributed by atoms with E-state index in [1.807, 2.05) is 12.1 Å². The highest BCUT2D eigenvalue weighted by atomic mass is 16.5. The first-order valence-corrected chi connectivity index (χ1v) is 8.58. The Balaban J connectivity index is 1.73. The molecule has 0 unspecified atom stereocenters. The molecule has 120 valence electrons. The maximum absolute atomic E-state index is 10.7. The standard InChI is InChI=1S/C19H26O3/c1-19-8-7-13-12-4-3-11(22-2)9-15(12)17(20)10-14(13)16(19)5-6-18(19)21/h3-4,9,13-14,16-18,20-21H,5-8,10H2,1-2H3/t13-,14-,16+,17-,18+,19+/m1/s1. The summed E-state index contributed by atoms with van der Waals surface area (Å²) < 4.78 is 5.32. The van der Waals surface area contributed by atoms with Crippen molar-refractivity contribution in [2.45, 2.75) is 57.2 Å². The first-order valence-electron chi connectivity index (χ1n) is 8.58. The Morgan fingerprint density at radius 1 is 1.14 bits per heavy atom. The summed E-state index contributed by atoms with van der Waals surface area (Å²) in [6, 6.07) is 6.18. The van der Waals surface area contributed by atoms with Crippen molar-refractivity contribution in [2.24, 2.45) is 17.3 Å². The van der Waals surface area contributed by atoms with Crippen LogP contribution in [0, 0.1) is 17.3 Å². The Morgan fingerprint density at radius 3 is 2.73 bits per heavy atom. The van der Waals surface area contributed by atoms with Gasteiger partial charge in [-0.2, -0.15) is 0 Å². The fourth-order valence-corrected chi connectivity index (χ4v) is 5.67. The average molecular weight is 302 g/mol. The Morgan fingerprint density at radius 2 is 1.95 bits per heavy atom. The number of hydrogen-bond acceptors (Lipinski definition) is 3. The molecule has 3 aliphatic carbocycles. The van der Waals surface area contributed by atoms with Gasteiger partial charge >= 0.3 is 0 Å². The third-order valence-corrected chi connectivity index (χ3v) is 6.93. The van der Waals surface area contributed by atoms with Crippen LogP contribution in [-0.4, -0.2) is 23.4 Å². The Bertz CT molecular complexity index is 584. The molecule has 0 aliphatic heterocycles. The lowest BCUT2D eigenvalue weighted by Crippen LogP contribution is -2.44. The summed E-state index contributed by atoms with van der Waals surface area (Å²) in [5, 5.41) is 21.1. The fourth-order valence-electron chi connectivity index (χ4n) is 5.67. The lowest BCUT2D eigenvalue weighted by Gasteiger charge is -2.50. The molecule has 4 rings (SSSR count). The van der Waals surface area contributed by atoms with Gasteiger partial charge in [0.1, 0.15) is 5.75 Å². The molecule has 0 bridgehead atoms. The molecule has 0 heterocycles. The van der Waals surface area contributed by atoms with Crippen LogP contribution < -0.4 is 4.74 Å². The molecule has 0 aromatic heterocycles. The van der Waals surface area contributed by atoms with Crippen molar-refractivity contribution < 1.29 is 14.9 Å². The average Bonchev–Trinajstić information content (AvgIpc) is 2.83. The molecule has 0 saturated heterocycles. The first kappa shape index (κ1) is 14.5. The summed E-state index contributed by atoms with van der Waals surface area (Å²) in [6.07, 6.45) is 4.53. The van der Waals surface area contributed by atoms with E-state index >= 15 is 0 Å². The minimum atomic E-state index is -0.397. The molecule has 3 aliphatic rings. The van der Waals surface area contributed by atoms with E-state index < -0.39 is 6.10 Å². The van der Waals surface area contributed by atoms with Gasteiger partial charge < -0.3 is 14.9 Å².